The molecular weight excluding hydrogens is 219 g/mol. The Labute approximate surface area is 94.2 Å². The summed E-state index contributed by atoms with van der Waals surface area (Å²) in [5, 5.41) is 12.4. The van der Waals surface area contributed by atoms with E-state index in [2.05, 4.69) is 5.32 Å². The molecule has 0 saturated heterocycles. The van der Waals surface area contributed by atoms with Gasteiger partial charge in [-0.15, -0.1) is 0 Å². The second kappa shape index (κ2) is 6.45. The van der Waals surface area contributed by atoms with Crippen molar-refractivity contribution in [2.45, 2.75) is 50.8 Å². The first-order chi connectivity index (χ1) is 7.47. The van der Waals surface area contributed by atoms with Gasteiger partial charge in [0.05, 0.1) is 6.10 Å². The monoisotopic (exact) mass is 239 g/mol. The Kier molecular flexibility index (Phi) is 5.55. The fourth-order valence-electron chi connectivity index (χ4n) is 2.17. The Hall–Kier alpha value is -0.290. The molecule has 2 unspecified atom stereocenters. The molecule has 0 aliphatic heterocycles. The lowest BCUT2D eigenvalue weighted by Crippen LogP contribution is -2.30. The minimum atomic E-state index is -4.04. The van der Waals surface area contributed by atoms with Crippen LogP contribution in [-0.2, 0) is 0 Å². The first-order valence-corrected chi connectivity index (χ1v) is 5.93. The molecule has 1 fully saturated rings. The van der Waals surface area contributed by atoms with Crippen molar-refractivity contribution in [3.63, 3.8) is 0 Å². The summed E-state index contributed by atoms with van der Waals surface area (Å²) < 4.78 is 35.5. The van der Waals surface area contributed by atoms with Crippen molar-refractivity contribution in [3.05, 3.63) is 0 Å². The van der Waals surface area contributed by atoms with Gasteiger partial charge in [0, 0.05) is 6.42 Å². The molecule has 0 radical (unpaired) electrons. The van der Waals surface area contributed by atoms with Gasteiger partial charge in [-0.05, 0) is 44.7 Å². The molecule has 2 N–H and O–H groups in total. The largest absolute Gasteiger partial charge is 0.393 e. The molecule has 0 aromatic heterocycles. The summed E-state index contributed by atoms with van der Waals surface area (Å²) in [4.78, 5) is 0. The van der Waals surface area contributed by atoms with Crippen LogP contribution in [0.1, 0.15) is 38.5 Å². The lowest BCUT2D eigenvalue weighted by atomic mass is 9.87. The zero-order chi connectivity index (χ0) is 12.0. The van der Waals surface area contributed by atoms with Crippen molar-refractivity contribution < 1.29 is 18.3 Å². The molecule has 1 saturated carbocycles. The van der Waals surface area contributed by atoms with Crippen molar-refractivity contribution in [1.29, 1.82) is 0 Å². The molecular formula is C11H20F3NO. The zero-order valence-corrected chi connectivity index (χ0v) is 9.39. The van der Waals surface area contributed by atoms with Gasteiger partial charge in [-0.2, -0.15) is 13.2 Å². The van der Waals surface area contributed by atoms with E-state index in [9.17, 15) is 18.3 Å². The number of hydrogen-bond acceptors (Lipinski definition) is 2. The molecule has 5 heteroatoms. The van der Waals surface area contributed by atoms with Crippen LogP contribution in [0.3, 0.4) is 0 Å². The van der Waals surface area contributed by atoms with E-state index in [0.717, 1.165) is 32.2 Å². The number of alkyl halides is 3. The molecule has 0 spiro atoms. The molecule has 2 nitrogen and oxygen atoms in total. The maximum atomic E-state index is 11.8. The highest BCUT2D eigenvalue weighted by atomic mass is 19.4. The normalized spacial score (nSPS) is 27.0. The minimum Gasteiger partial charge on any atom is -0.393 e. The van der Waals surface area contributed by atoms with E-state index in [1.54, 1.807) is 0 Å². The Morgan fingerprint density at radius 3 is 2.62 bits per heavy atom. The standard InChI is InChI=1S/C11H20F3NO/c12-11(13,14)5-2-6-15-8-9-3-1-4-10(16)7-9/h9-10,15-16H,1-8H2. The number of aliphatic hydroxyl groups is 1. The molecule has 1 aliphatic rings. The fourth-order valence-corrected chi connectivity index (χ4v) is 2.17. The number of aliphatic hydroxyl groups excluding tert-OH is 1. The van der Waals surface area contributed by atoms with Crippen LogP contribution in [0.2, 0.25) is 0 Å². The summed E-state index contributed by atoms with van der Waals surface area (Å²) in [5.74, 6) is 0.426. The number of nitrogens with one attached hydrogen (secondary N) is 1. The van der Waals surface area contributed by atoms with Crippen molar-refractivity contribution in [3.8, 4) is 0 Å². The van der Waals surface area contributed by atoms with Gasteiger partial charge >= 0.3 is 6.18 Å². The summed E-state index contributed by atoms with van der Waals surface area (Å²) in [6, 6.07) is 0. The number of halogens is 3. The van der Waals surface area contributed by atoms with Crippen LogP contribution < -0.4 is 5.32 Å². The van der Waals surface area contributed by atoms with Crippen LogP contribution in [0, 0.1) is 5.92 Å². The second-order valence-electron chi connectivity index (χ2n) is 4.61. The Morgan fingerprint density at radius 1 is 1.25 bits per heavy atom. The zero-order valence-electron chi connectivity index (χ0n) is 9.39. The predicted molar refractivity (Wildman–Crippen MR) is 56.1 cm³/mol. The Bertz CT molecular complexity index is 196. The van der Waals surface area contributed by atoms with Crippen LogP contribution in [0.25, 0.3) is 0 Å². The summed E-state index contributed by atoms with van der Waals surface area (Å²) >= 11 is 0. The fraction of sp³-hybridized carbons (Fsp3) is 1.00. The average Bonchev–Trinajstić information content (AvgIpc) is 2.15. The topological polar surface area (TPSA) is 32.3 Å². The van der Waals surface area contributed by atoms with Gasteiger partial charge in [0.25, 0.3) is 0 Å². The van der Waals surface area contributed by atoms with Crippen molar-refractivity contribution >= 4 is 0 Å². The van der Waals surface area contributed by atoms with Gasteiger partial charge in [0.1, 0.15) is 0 Å². The van der Waals surface area contributed by atoms with Crippen molar-refractivity contribution in [2.75, 3.05) is 13.1 Å². The van der Waals surface area contributed by atoms with Gasteiger partial charge in [-0.25, -0.2) is 0 Å². The molecule has 0 bridgehead atoms. The van der Waals surface area contributed by atoms with E-state index < -0.39 is 12.6 Å². The van der Waals surface area contributed by atoms with E-state index in [-0.39, 0.29) is 12.5 Å². The van der Waals surface area contributed by atoms with Crippen LogP contribution in [-0.4, -0.2) is 30.5 Å². The summed E-state index contributed by atoms with van der Waals surface area (Å²) in [6.45, 7) is 1.14. The van der Waals surface area contributed by atoms with E-state index in [1.165, 1.54) is 0 Å². The van der Waals surface area contributed by atoms with Crippen LogP contribution in [0.5, 0.6) is 0 Å². The Balaban J connectivity index is 1.98. The number of rotatable bonds is 5. The summed E-state index contributed by atoms with van der Waals surface area (Å²) in [6.07, 6.45) is -1.08. The highest BCUT2D eigenvalue weighted by molar-refractivity contribution is 4.73. The third kappa shape index (κ3) is 6.33. The lowest BCUT2D eigenvalue weighted by molar-refractivity contribution is -0.135. The van der Waals surface area contributed by atoms with E-state index >= 15 is 0 Å². The van der Waals surface area contributed by atoms with Gasteiger partial charge < -0.3 is 10.4 Å². The second-order valence-corrected chi connectivity index (χ2v) is 4.61. The minimum absolute atomic E-state index is 0.138. The molecule has 0 heterocycles. The van der Waals surface area contributed by atoms with E-state index in [4.69, 9.17) is 0 Å². The maximum absolute atomic E-state index is 11.8. The molecule has 1 aliphatic carbocycles. The average molecular weight is 239 g/mol. The molecule has 0 aromatic carbocycles. The van der Waals surface area contributed by atoms with Gasteiger partial charge in [-0.3, -0.25) is 0 Å². The smallest absolute Gasteiger partial charge is 0.389 e. The molecule has 96 valence electrons. The SMILES string of the molecule is OC1CCCC(CNCCCC(F)(F)F)C1. The molecule has 0 amide bonds. The quantitative estimate of drug-likeness (QED) is 0.722. The molecule has 16 heavy (non-hydrogen) atoms. The predicted octanol–water partition coefficient (Wildman–Crippen LogP) is 2.47. The van der Waals surface area contributed by atoms with E-state index in [1.807, 2.05) is 0 Å². The lowest BCUT2D eigenvalue weighted by Gasteiger charge is -2.26. The third-order valence-corrected chi connectivity index (χ3v) is 3.00. The van der Waals surface area contributed by atoms with Gasteiger partial charge in [-0.1, -0.05) is 6.42 Å². The summed E-state index contributed by atoms with van der Waals surface area (Å²) in [5.41, 5.74) is 0. The summed E-state index contributed by atoms with van der Waals surface area (Å²) in [7, 11) is 0. The van der Waals surface area contributed by atoms with E-state index in [0.29, 0.717) is 12.5 Å². The van der Waals surface area contributed by atoms with Crippen molar-refractivity contribution in [2.24, 2.45) is 5.92 Å². The van der Waals surface area contributed by atoms with Gasteiger partial charge in [0.2, 0.25) is 0 Å². The third-order valence-electron chi connectivity index (χ3n) is 3.00. The van der Waals surface area contributed by atoms with Crippen LogP contribution >= 0.6 is 0 Å². The first kappa shape index (κ1) is 13.8. The highest BCUT2D eigenvalue weighted by Gasteiger charge is 2.26. The maximum Gasteiger partial charge on any atom is 0.389 e. The number of hydrogen-bond donors (Lipinski definition) is 2. The van der Waals surface area contributed by atoms with Crippen LogP contribution in [0.4, 0.5) is 13.2 Å². The molecule has 2 atom stereocenters. The first-order valence-electron chi connectivity index (χ1n) is 5.93. The Morgan fingerprint density at radius 2 is 2.00 bits per heavy atom. The molecule has 1 rings (SSSR count). The molecule has 0 aromatic rings. The highest BCUT2D eigenvalue weighted by Crippen LogP contribution is 2.23. The van der Waals surface area contributed by atoms with Crippen molar-refractivity contribution in [1.82, 2.24) is 5.32 Å². The van der Waals surface area contributed by atoms with Crippen LogP contribution in [0.15, 0.2) is 0 Å². The van der Waals surface area contributed by atoms with Gasteiger partial charge in [0.15, 0.2) is 0 Å².